The van der Waals surface area contributed by atoms with E-state index in [0.717, 1.165) is 19.3 Å². The number of hydrogen-bond donors (Lipinski definition) is 1. The Balaban J connectivity index is 1.71. The fourth-order valence-electron chi connectivity index (χ4n) is 4.99. The van der Waals surface area contributed by atoms with E-state index < -0.39 is 10.0 Å². The van der Waals surface area contributed by atoms with Gasteiger partial charge in [-0.3, -0.25) is 4.79 Å². The van der Waals surface area contributed by atoms with E-state index >= 15 is 0 Å². The molecule has 1 N–H and O–H groups in total. The summed E-state index contributed by atoms with van der Waals surface area (Å²) in [5.74, 6) is 0.418. The molecule has 1 aliphatic heterocycles. The molecule has 0 spiro atoms. The minimum Gasteiger partial charge on any atom is -0.360 e. The molecule has 3 unspecified atom stereocenters. The molecule has 1 aromatic rings. The third-order valence-electron chi connectivity index (χ3n) is 6.53. The Morgan fingerprint density at radius 3 is 2.45 bits per heavy atom. The van der Waals surface area contributed by atoms with Gasteiger partial charge in [0.25, 0.3) is 0 Å². The first-order chi connectivity index (χ1) is 13.5. The zero-order valence-electron chi connectivity index (χ0n) is 18.3. The minimum absolute atomic E-state index is 0.00943. The molecule has 2 aliphatic rings. The molecule has 1 saturated heterocycles. The van der Waals surface area contributed by atoms with E-state index in [0.29, 0.717) is 36.8 Å². The molecule has 29 heavy (non-hydrogen) atoms. The van der Waals surface area contributed by atoms with Crippen LogP contribution in [-0.2, 0) is 14.8 Å². The molecule has 1 amide bonds. The molecule has 1 aromatic heterocycles. The van der Waals surface area contributed by atoms with Gasteiger partial charge in [-0.05, 0) is 50.9 Å². The Morgan fingerprint density at radius 2 is 1.83 bits per heavy atom. The molecule has 3 atom stereocenters. The van der Waals surface area contributed by atoms with Gasteiger partial charge in [0.2, 0.25) is 15.9 Å². The smallest absolute Gasteiger partial charge is 0.248 e. The van der Waals surface area contributed by atoms with Crippen molar-refractivity contribution in [2.45, 2.75) is 84.1 Å². The maximum Gasteiger partial charge on any atom is 0.248 e. The molecule has 3 rings (SSSR count). The van der Waals surface area contributed by atoms with E-state index in [9.17, 15) is 13.2 Å². The van der Waals surface area contributed by atoms with Crippen LogP contribution >= 0.6 is 0 Å². The Kier molecular flexibility index (Phi) is 6.44. The quantitative estimate of drug-likeness (QED) is 0.798. The first-order valence-corrected chi connectivity index (χ1v) is 12.2. The summed E-state index contributed by atoms with van der Waals surface area (Å²) >= 11 is 0. The van der Waals surface area contributed by atoms with Gasteiger partial charge in [-0.2, -0.15) is 4.31 Å². The van der Waals surface area contributed by atoms with Crippen LogP contribution in [-0.4, -0.2) is 42.9 Å². The van der Waals surface area contributed by atoms with Gasteiger partial charge in [-0.25, -0.2) is 8.42 Å². The number of nitrogens with one attached hydrogen (secondary N) is 1. The number of aryl methyl sites for hydroxylation is 2. The van der Waals surface area contributed by atoms with Crippen molar-refractivity contribution in [3.63, 3.8) is 0 Å². The van der Waals surface area contributed by atoms with Crippen molar-refractivity contribution in [1.82, 2.24) is 14.8 Å². The lowest BCUT2D eigenvalue weighted by Gasteiger charge is -2.41. The number of sulfonamides is 1. The maximum absolute atomic E-state index is 13.1. The van der Waals surface area contributed by atoms with E-state index in [1.165, 1.54) is 10.7 Å². The summed E-state index contributed by atoms with van der Waals surface area (Å²) in [6, 6.07) is 0.172. The summed E-state index contributed by atoms with van der Waals surface area (Å²) in [6.45, 7) is 10.6. The Bertz CT molecular complexity index is 821. The van der Waals surface area contributed by atoms with E-state index in [1.807, 2.05) is 0 Å². The molecule has 0 bridgehead atoms. The second kappa shape index (κ2) is 8.38. The zero-order chi connectivity index (χ0) is 21.4. The fourth-order valence-corrected chi connectivity index (χ4v) is 6.80. The highest BCUT2D eigenvalue weighted by molar-refractivity contribution is 7.89. The molecular formula is C21H35N3O4S. The summed E-state index contributed by atoms with van der Waals surface area (Å²) in [5, 5.41) is 7.06. The van der Waals surface area contributed by atoms with Crippen LogP contribution in [0.3, 0.4) is 0 Å². The summed E-state index contributed by atoms with van der Waals surface area (Å²) in [7, 11) is -3.72. The standard InChI is InChI=1S/C21H35N3O4S/c1-14-19(15(2)28-23-14)29(26,27)24-12-8-9-16(13-24)20(25)22-18-11-7-6-10-17(18)21(3,4)5/h16-18H,6-13H2,1-5H3,(H,22,25). The van der Waals surface area contributed by atoms with Gasteiger partial charge in [0.15, 0.2) is 5.76 Å². The van der Waals surface area contributed by atoms with Crippen molar-refractivity contribution in [1.29, 1.82) is 0 Å². The second-order valence-corrected chi connectivity index (χ2v) is 11.6. The van der Waals surface area contributed by atoms with Crippen molar-refractivity contribution in [2.75, 3.05) is 13.1 Å². The average Bonchev–Trinajstić information content (AvgIpc) is 3.00. The SMILES string of the molecule is Cc1noc(C)c1S(=O)(=O)N1CCCC(C(=O)NC2CCCCC2C(C)(C)C)C1. The van der Waals surface area contributed by atoms with E-state index in [2.05, 4.69) is 31.2 Å². The minimum atomic E-state index is -3.72. The molecule has 7 nitrogen and oxygen atoms in total. The van der Waals surface area contributed by atoms with Crippen molar-refractivity contribution in [3.8, 4) is 0 Å². The second-order valence-electron chi connectivity index (χ2n) is 9.73. The van der Waals surface area contributed by atoms with Gasteiger partial charge in [0.05, 0.1) is 5.92 Å². The van der Waals surface area contributed by atoms with Crippen LogP contribution in [0.2, 0.25) is 0 Å². The van der Waals surface area contributed by atoms with Gasteiger partial charge in [0, 0.05) is 19.1 Å². The predicted octanol–water partition coefficient (Wildman–Crippen LogP) is 3.41. The van der Waals surface area contributed by atoms with Crippen LogP contribution in [0.4, 0.5) is 0 Å². The van der Waals surface area contributed by atoms with Crippen molar-refractivity contribution in [2.24, 2.45) is 17.3 Å². The van der Waals surface area contributed by atoms with Gasteiger partial charge < -0.3 is 9.84 Å². The number of hydrogen-bond acceptors (Lipinski definition) is 5. The fraction of sp³-hybridized carbons (Fsp3) is 0.810. The first-order valence-electron chi connectivity index (χ1n) is 10.7. The number of carbonyl (C=O) groups excluding carboxylic acids is 1. The highest BCUT2D eigenvalue weighted by atomic mass is 32.2. The molecule has 1 saturated carbocycles. The summed E-state index contributed by atoms with van der Waals surface area (Å²) < 4.78 is 32.7. The molecule has 2 fully saturated rings. The molecule has 1 aliphatic carbocycles. The third kappa shape index (κ3) is 4.68. The largest absolute Gasteiger partial charge is 0.360 e. The van der Waals surface area contributed by atoms with Crippen LogP contribution in [0, 0.1) is 31.1 Å². The summed E-state index contributed by atoms with van der Waals surface area (Å²) in [5.41, 5.74) is 0.508. The van der Waals surface area contributed by atoms with Gasteiger partial charge in [0.1, 0.15) is 10.6 Å². The molecule has 8 heteroatoms. The van der Waals surface area contributed by atoms with Gasteiger partial charge >= 0.3 is 0 Å². The van der Waals surface area contributed by atoms with Crippen molar-refractivity contribution < 1.29 is 17.7 Å². The third-order valence-corrected chi connectivity index (χ3v) is 8.64. The van der Waals surface area contributed by atoms with Crippen molar-refractivity contribution in [3.05, 3.63) is 11.5 Å². The molecule has 164 valence electrons. The van der Waals surface area contributed by atoms with Crippen molar-refractivity contribution >= 4 is 15.9 Å². The number of rotatable bonds is 4. The van der Waals surface area contributed by atoms with Crippen LogP contribution in [0.25, 0.3) is 0 Å². The highest BCUT2D eigenvalue weighted by Gasteiger charge is 2.39. The highest BCUT2D eigenvalue weighted by Crippen LogP contribution is 2.38. The molecular weight excluding hydrogens is 390 g/mol. The van der Waals surface area contributed by atoms with Crippen LogP contribution in [0.5, 0.6) is 0 Å². The van der Waals surface area contributed by atoms with Crippen LogP contribution < -0.4 is 5.32 Å². The monoisotopic (exact) mass is 425 g/mol. The lowest BCUT2D eigenvalue weighted by molar-refractivity contribution is -0.127. The zero-order valence-corrected chi connectivity index (χ0v) is 19.1. The van der Waals surface area contributed by atoms with Crippen LogP contribution in [0.15, 0.2) is 9.42 Å². The lowest BCUT2D eigenvalue weighted by Crippen LogP contribution is -2.51. The van der Waals surface area contributed by atoms with E-state index in [1.54, 1.807) is 13.8 Å². The first kappa shape index (κ1) is 22.3. The Morgan fingerprint density at radius 1 is 1.14 bits per heavy atom. The maximum atomic E-state index is 13.1. The average molecular weight is 426 g/mol. The molecule has 0 radical (unpaired) electrons. The lowest BCUT2D eigenvalue weighted by atomic mass is 9.69. The number of nitrogens with zero attached hydrogens (tertiary/aromatic N) is 2. The van der Waals surface area contributed by atoms with Crippen LogP contribution in [0.1, 0.15) is 70.8 Å². The number of carbonyl (C=O) groups is 1. The Hall–Kier alpha value is -1.41. The van der Waals surface area contributed by atoms with Gasteiger partial charge in [-0.15, -0.1) is 0 Å². The normalized spacial score (nSPS) is 27.0. The predicted molar refractivity (Wildman–Crippen MR) is 111 cm³/mol. The number of aromatic nitrogens is 1. The van der Waals surface area contributed by atoms with E-state index in [-0.39, 0.29) is 34.7 Å². The Labute approximate surface area is 174 Å². The number of piperidine rings is 1. The van der Waals surface area contributed by atoms with Gasteiger partial charge in [-0.1, -0.05) is 38.8 Å². The molecule has 0 aromatic carbocycles. The molecule has 2 heterocycles. The summed E-state index contributed by atoms with van der Waals surface area (Å²) in [6.07, 6.45) is 5.86. The topological polar surface area (TPSA) is 92.5 Å². The van der Waals surface area contributed by atoms with E-state index in [4.69, 9.17) is 4.52 Å². The summed E-state index contributed by atoms with van der Waals surface area (Å²) in [4.78, 5) is 13.2. The number of amides is 1.